The number of fused-ring (bicyclic) bond motifs is 3. The summed E-state index contributed by atoms with van der Waals surface area (Å²) in [4.78, 5) is 40.1. The third-order valence-corrected chi connectivity index (χ3v) is 7.68. The molecular formula is C23H26N2O8S. The Morgan fingerprint density at radius 3 is 2.47 bits per heavy atom. The fourth-order valence-electron chi connectivity index (χ4n) is 5.45. The third kappa shape index (κ3) is 3.29. The number of amides is 1. The number of allylic oxidation sites excluding steroid dienone is 2. The van der Waals surface area contributed by atoms with Gasteiger partial charge in [-0.05, 0) is 30.4 Å². The highest BCUT2D eigenvalue weighted by Crippen LogP contribution is 2.52. The topological polar surface area (TPSA) is 184 Å². The number of phenolic OH excluding ortho intramolecular Hbond substituents is 1. The molecule has 4 rings (SSSR count). The average Bonchev–Trinajstić information content (AvgIpc) is 2.71. The molecule has 1 amide bonds. The molecule has 4 atom stereocenters. The Kier molecular flexibility index (Phi) is 5.70. The number of Topliss-reactive ketones (excluding diaryl/α,β-unsaturated/α-hetero) is 2. The zero-order valence-electron chi connectivity index (χ0n) is 18.9. The molecule has 0 fully saturated rings. The summed E-state index contributed by atoms with van der Waals surface area (Å²) in [5, 5.41) is 43.5. The van der Waals surface area contributed by atoms with Gasteiger partial charge in [0.05, 0.1) is 11.8 Å². The van der Waals surface area contributed by atoms with E-state index in [0.717, 1.165) is 0 Å². The van der Waals surface area contributed by atoms with Crippen molar-refractivity contribution in [3.63, 3.8) is 0 Å². The van der Waals surface area contributed by atoms with Crippen molar-refractivity contribution in [2.24, 2.45) is 17.6 Å². The van der Waals surface area contributed by atoms with E-state index in [9.17, 15) is 39.4 Å². The number of phenols is 1. The molecule has 3 aliphatic carbocycles. The van der Waals surface area contributed by atoms with E-state index in [4.69, 9.17) is 5.73 Å². The number of hydrogen-bond donors (Lipinski definition) is 5. The van der Waals surface area contributed by atoms with Crippen LogP contribution in [0, 0.1) is 11.8 Å². The van der Waals surface area contributed by atoms with E-state index in [2.05, 4.69) is 0 Å². The van der Waals surface area contributed by atoms with Crippen LogP contribution in [0.2, 0.25) is 0 Å². The van der Waals surface area contributed by atoms with E-state index >= 15 is 0 Å². The molecule has 0 radical (unpaired) electrons. The van der Waals surface area contributed by atoms with Crippen molar-refractivity contribution >= 4 is 34.3 Å². The first-order chi connectivity index (χ1) is 15.8. The first-order valence-electron chi connectivity index (χ1n) is 10.6. The Morgan fingerprint density at radius 2 is 1.91 bits per heavy atom. The van der Waals surface area contributed by atoms with E-state index in [1.54, 1.807) is 25.1 Å². The lowest BCUT2D eigenvalue weighted by atomic mass is 9.60. The first-order valence-corrected chi connectivity index (χ1v) is 12.4. The molecule has 1 aromatic rings. The summed E-state index contributed by atoms with van der Waals surface area (Å²) < 4.78 is 11.8. The number of nitrogens with two attached hydrogens (primary N) is 1. The van der Waals surface area contributed by atoms with Crippen LogP contribution in [0.1, 0.15) is 34.3 Å². The number of carbonyl (C=O) groups excluding carboxylic acids is 3. The maximum absolute atomic E-state index is 13.7. The minimum atomic E-state index is -2.60. The highest BCUT2D eigenvalue weighted by molar-refractivity contribution is 7.89. The Bertz CT molecular complexity index is 1200. The van der Waals surface area contributed by atoms with Gasteiger partial charge in [-0.1, -0.05) is 11.2 Å². The van der Waals surface area contributed by atoms with E-state index in [-0.39, 0.29) is 41.9 Å². The normalized spacial score (nSPS) is 27.2. The number of nitrogens with zero attached hydrogens (tertiary/aromatic N) is 1. The van der Waals surface area contributed by atoms with Crippen molar-refractivity contribution in [1.82, 2.24) is 0 Å². The number of aliphatic hydroxyl groups excluding tert-OH is 2. The monoisotopic (exact) mass is 490 g/mol. The summed E-state index contributed by atoms with van der Waals surface area (Å²) in [6.45, 7) is 0. The number of benzene rings is 1. The van der Waals surface area contributed by atoms with Gasteiger partial charge in [-0.3, -0.25) is 14.4 Å². The summed E-state index contributed by atoms with van der Waals surface area (Å²) in [6, 6.07) is 1.68. The van der Waals surface area contributed by atoms with Crippen LogP contribution < -0.4 is 10.6 Å². The van der Waals surface area contributed by atoms with E-state index in [1.165, 1.54) is 6.26 Å². The summed E-state index contributed by atoms with van der Waals surface area (Å²) in [6.07, 6.45) is 1.47. The highest BCUT2D eigenvalue weighted by Gasteiger charge is 2.59. The van der Waals surface area contributed by atoms with Crippen molar-refractivity contribution in [3.05, 3.63) is 45.4 Å². The van der Waals surface area contributed by atoms with Crippen LogP contribution in [0.5, 0.6) is 5.75 Å². The van der Waals surface area contributed by atoms with Gasteiger partial charge in [-0.2, -0.15) is 0 Å². The van der Waals surface area contributed by atoms with Gasteiger partial charge in [0, 0.05) is 43.3 Å². The minimum Gasteiger partial charge on any atom is -0.616 e. The second-order valence-corrected chi connectivity index (χ2v) is 10.7. The maximum atomic E-state index is 13.7. The van der Waals surface area contributed by atoms with Crippen molar-refractivity contribution in [3.8, 4) is 5.75 Å². The Morgan fingerprint density at radius 1 is 1.26 bits per heavy atom. The van der Waals surface area contributed by atoms with Crippen LogP contribution in [0.25, 0.3) is 0 Å². The zero-order valence-corrected chi connectivity index (χ0v) is 19.7. The van der Waals surface area contributed by atoms with E-state index < -0.39 is 63.2 Å². The standard InChI is InChI=1S/C23H26N2O8S/c1-25(2)13-6-10(8-34(3)33)18(27)16-12(13)5-9-4-11-7-14(26)17(22(24)31)21(30)23(11,32)20(29)15(9)19(16)28/h6,9,11,26-27,29,32H,4-5,7-8H2,1-3H3,(H2,24,31)/t9-,11+,23+,34?/m1/s1. The van der Waals surface area contributed by atoms with Gasteiger partial charge < -0.3 is 35.6 Å². The smallest absolute Gasteiger partial charge is 0.255 e. The Labute approximate surface area is 198 Å². The molecule has 0 aliphatic heterocycles. The molecular weight excluding hydrogens is 464 g/mol. The van der Waals surface area contributed by atoms with Crippen LogP contribution >= 0.6 is 0 Å². The molecule has 0 bridgehead atoms. The number of carbonyl (C=O) groups is 3. The molecule has 0 saturated carbocycles. The van der Waals surface area contributed by atoms with Crippen LogP contribution in [-0.4, -0.2) is 68.4 Å². The van der Waals surface area contributed by atoms with Crippen LogP contribution in [0.15, 0.2) is 28.7 Å². The van der Waals surface area contributed by atoms with Gasteiger partial charge in [-0.15, -0.1) is 0 Å². The van der Waals surface area contributed by atoms with Gasteiger partial charge in [-0.25, -0.2) is 0 Å². The van der Waals surface area contributed by atoms with Gasteiger partial charge >= 0.3 is 0 Å². The number of aliphatic hydroxyl groups is 3. The van der Waals surface area contributed by atoms with Crippen molar-refractivity contribution in [2.75, 3.05) is 25.3 Å². The molecule has 0 saturated heterocycles. The highest BCUT2D eigenvalue weighted by atomic mass is 32.2. The lowest BCUT2D eigenvalue weighted by Crippen LogP contribution is -2.57. The molecule has 182 valence electrons. The Balaban J connectivity index is 1.93. The molecule has 11 heteroatoms. The molecule has 34 heavy (non-hydrogen) atoms. The molecule has 1 unspecified atom stereocenters. The first kappa shape index (κ1) is 24.1. The predicted octanol–water partition coefficient (Wildman–Crippen LogP) is 0.525. The van der Waals surface area contributed by atoms with Crippen LogP contribution in [-0.2, 0) is 32.9 Å². The van der Waals surface area contributed by atoms with Gasteiger partial charge in [0.15, 0.2) is 11.4 Å². The summed E-state index contributed by atoms with van der Waals surface area (Å²) in [5.74, 6) is -6.67. The molecule has 0 heterocycles. The second kappa shape index (κ2) is 8.03. The summed E-state index contributed by atoms with van der Waals surface area (Å²) in [5.41, 5.74) is 2.96. The zero-order chi connectivity index (χ0) is 25.3. The van der Waals surface area contributed by atoms with Crippen LogP contribution in [0.3, 0.4) is 0 Å². The number of hydrogen-bond acceptors (Lipinski definition) is 9. The van der Waals surface area contributed by atoms with Crippen LogP contribution in [0.4, 0.5) is 5.69 Å². The van der Waals surface area contributed by atoms with Gasteiger partial charge in [0.1, 0.15) is 28.6 Å². The lowest BCUT2D eigenvalue weighted by molar-refractivity contribution is -0.144. The number of anilines is 1. The van der Waals surface area contributed by atoms with Gasteiger partial charge in [0.2, 0.25) is 5.78 Å². The van der Waals surface area contributed by atoms with Crippen molar-refractivity contribution < 1.29 is 39.4 Å². The van der Waals surface area contributed by atoms with Crippen molar-refractivity contribution in [2.45, 2.75) is 30.6 Å². The predicted molar refractivity (Wildman–Crippen MR) is 123 cm³/mol. The molecule has 1 aromatic carbocycles. The second-order valence-electron chi connectivity index (χ2n) is 9.28. The quantitative estimate of drug-likeness (QED) is 0.296. The fraction of sp³-hybridized carbons (Fsp3) is 0.435. The maximum Gasteiger partial charge on any atom is 0.255 e. The average molecular weight is 491 g/mol. The molecule has 0 aromatic heterocycles. The minimum absolute atomic E-state index is 0.00175. The summed E-state index contributed by atoms with van der Waals surface area (Å²) >= 11 is -1.31. The van der Waals surface area contributed by atoms with Crippen molar-refractivity contribution in [1.29, 1.82) is 0 Å². The largest absolute Gasteiger partial charge is 0.616 e. The molecule has 0 spiro atoms. The van der Waals surface area contributed by atoms with E-state index in [1.807, 2.05) is 0 Å². The molecule has 10 nitrogen and oxygen atoms in total. The third-order valence-electron chi connectivity index (χ3n) is 6.96. The number of rotatable bonds is 4. The van der Waals surface area contributed by atoms with Gasteiger partial charge in [0.25, 0.3) is 5.91 Å². The number of ketones is 2. The summed E-state index contributed by atoms with van der Waals surface area (Å²) in [7, 11) is 3.53. The number of aromatic hydroxyl groups is 1. The number of primary amides is 1. The fourth-order valence-corrected chi connectivity index (χ4v) is 6.11. The lowest BCUT2D eigenvalue weighted by Gasteiger charge is -2.46. The molecule has 3 aliphatic rings. The Hall–Kier alpha value is -3.02. The molecule has 6 N–H and O–H groups in total. The van der Waals surface area contributed by atoms with E-state index in [0.29, 0.717) is 16.8 Å². The SMILES string of the molecule is CN(C)c1cc(C[S+](C)[O-])c(O)c2c1C[C@H]1C[C@H]3CC(O)=C(C(N)=O)C(=O)[C@@]3(O)C(O)=C1C2=O.